The molecule has 3 saturated heterocycles. The summed E-state index contributed by atoms with van der Waals surface area (Å²) in [6.07, 6.45) is -13.1. The maximum atomic E-state index is 17.1. The van der Waals surface area contributed by atoms with Gasteiger partial charge in [-0.05, 0) is 78.9 Å². The second-order valence-corrected chi connectivity index (χ2v) is 46.7. The Morgan fingerprint density at radius 3 is 2.25 bits per heavy atom. The van der Waals surface area contributed by atoms with E-state index in [0.29, 0.717) is 28.9 Å². The van der Waals surface area contributed by atoms with Gasteiger partial charge in [-0.25, -0.2) is 29.0 Å². The van der Waals surface area contributed by atoms with Gasteiger partial charge in [0.05, 0.1) is 71.3 Å². The molecule has 0 radical (unpaired) electrons. The van der Waals surface area contributed by atoms with Crippen molar-refractivity contribution in [2.24, 2.45) is 10.2 Å². The molecule has 518 valence electrons. The number of aliphatic hydroxyl groups is 1. The highest BCUT2D eigenvalue weighted by Crippen LogP contribution is 2.56. The van der Waals surface area contributed by atoms with E-state index in [1.54, 1.807) is 6.20 Å². The van der Waals surface area contributed by atoms with Crippen LogP contribution in [0, 0.1) is 0 Å². The highest BCUT2D eigenvalue weighted by Gasteiger charge is 2.57. The Balaban J connectivity index is 1.05. The quantitative estimate of drug-likeness (QED) is 0.0225. The number of likely N-dealkylation sites (tertiary alicyclic amines) is 1. The third-order valence-corrected chi connectivity index (χ3v) is 27.3. The number of carbonyl (C=O) groups is 4. The number of carbonyl (C=O) groups excluding carboxylic acids is 4. The molecule has 5 aliphatic heterocycles. The number of nitrogens with zero attached hydrogens (tertiary/aromatic N) is 9. The summed E-state index contributed by atoms with van der Waals surface area (Å²) in [5.41, 5.74) is 1.63. The van der Waals surface area contributed by atoms with Crippen LogP contribution in [0.3, 0.4) is 0 Å². The number of hydrogen-bond acceptors (Lipinski definition) is 23. The van der Waals surface area contributed by atoms with Crippen LogP contribution in [0.5, 0.6) is 0 Å². The monoisotopic (exact) mass is 1430 g/mol. The molecule has 8 rings (SSSR count). The standard InChI is InChI=1S/C54H83F4N11O18P2SSi3/c1-53(2,3)93(10,11)87-44-37(27-70)83-49(67-31-60-42-46(67)61-30-65(47(42)72)17-18-78-32-62-39(71)24-59-51(74)79-19-21-91(4,5)6)45(44)86-89(90,81-28-35-13-12-16-66(35)50(73)54(56,57)58)82-29-38-43(85-88(76)77)41(55)48(84-38)68-25-33-14-15-34-26-69(63-23-36(64-68)40(33)34)52(75)80-20-22-92(7,8)9/h23,25,30-31,35,37-38,41,43-45,48-49,70H,12-22,24,26-29,32H2,1-11H3,(H2-,59,62,71,74,76,77)/p+1/t35-,37+,38+,41+,43+,44+,45+,48+,49+,89-/m0/s1. The average Bonchev–Trinajstić information content (AvgIpc) is 1.60. The number of ether oxygens (including phenoxy) is 5. The first-order valence-electron chi connectivity index (χ1n) is 30.4. The van der Waals surface area contributed by atoms with Crippen molar-refractivity contribution >= 4 is 98.3 Å². The molecule has 93 heavy (non-hydrogen) atoms. The number of imidazole rings is 1. The van der Waals surface area contributed by atoms with E-state index < -0.39 is 155 Å². The fourth-order valence-electron chi connectivity index (χ4n) is 10.5. The minimum absolute atomic E-state index is 0.0350. The molecule has 0 spiro atoms. The lowest BCUT2D eigenvalue weighted by Gasteiger charge is -2.41. The van der Waals surface area contributed by atoms with Crippen molar-refractivity contribution in [1.82, 2.24) is 44.7 Å². The molecule has 11 atom stereocenters. The highest BCUT2D eigenvalue weighted by atomic mass is 32.5. The van der Waals surface area contributed by atoms with Gasteiger partial charge >= 0.3 is 39.2 Å². The molecular weight excluding hydrogens is 1340 g/mol. The Morgan fingerprint density at radius 2 is 1.58 bits per heavy atom. The normalized spacial score (nSPS) is 25.2. The zero-order valence-electron chi connectivity index (χ0n) is 53.8. The molecule has 4 N–H and O–H groups in total. The molecule has 0 bridgehead atoms. The van der Waals surface area contributed by atoms with Crippen LogP contribution >= 0.6 is 15.0 Å². The van der Waals surface area contributed by atoms with Gasteiger partial charge in [0.25, 0.3) is 5.56 Å². The maximum absolute atomic E-state index is 17.1. The number of hydrazone groups is 2. The van der Waals surface area contributed by atoms with Crippen molar-refractivity contribution in [2.45, 2.75) is 184 Å². The van der Waals surface area contributed by atoms with Gasteiger partial charge in [-0.15, -0.1) is 9.42 Å². The summed E-state index contributed by atoms with van der Waals surface area (Å²) in [5.74, 6) is -2.68. The number of rotatable bonds is 28. The van der Waals surface area contributed by atoms with Crippen molar-refractivity contribution in [3.8, 4) is 0 Å². The van der Waals surface area contributed by atoms with Crippen LogP contribution in [0.25, 0.3) is 11.2 Å². The smallest absolute Gasteiger partial charge is 0.450 e. The van der Waals surface area contributed by atoms with Crippen molar-refractivity contribution in [2.75, 3.05) is 66.0 Å². The minimum Gasteiger partial charge on any atom is -0.450 e. The Kier molecular flexibility index (Phi) is 24.1. The van der Waals surface area contributed by atoms with E-state index in [0.717, 1.165) is 22.7 Å². The maximum Gasteiger partial charge on any atom is 0.695 e. The second kappa shape index (κ2) is 30.3. The molecule has 6 aliphatic rings. The molecular formula is C54H84F4N11O18P2SSi3+. The molecule has 1 unspecified atom stereocenters. The number of nitrogens with one attached hydrogen (secondary N) is 2. The fourth-order valence-corrected chi connectivity index (χ4v) is 15.8. The predicted octanol–water partition coefficient (Wildman–Crippen LogP) is 6.74. The number of allylic oxidation sites excluding steroid dienone is 2. The Hall–Kier alpha value is -4.83. The SMILES string of the molecule is CC(C)(C)[Si](C)(C)O[C@H]1[C@@H](O[P@](=S)(OC[C@@H]2CCCN2C(=O)C(F)(F)F)OC[C@H]2O[C@@H](N3C=C4CCC5=C4C(=N3)C=NN(C(=O)OCC[Si](C)(C)C)C5)[C@H](F)[C@@H]2O[P+](=O)O)[C@H](n2cnc3c(=O)n(CCOCNC(=O)CNC(=O)OCC[Si](C)(C)C)cnc32)O[C@@H]1CO. The van der Waals surface area contributed by atoms with Crippen LogP contribution in [-0.2, 0) is 78.7 Å². The van der Waals surface area contributed by atoms with Gasteiger partial charge in [0, 0.05) is 39.0 Å². The van der Waals surface area contributed by atoms with E-state index in [1.807, 2.05) is 33.9 Å². The summed E-state index contributed by atoms with van der Waals surface area (Å²) in [4.78, 5) is 84.1. The lowest BCUT2D eigenvalue weighted by Crippen LogP contribution is -2.50. The van der Waals surface area contributed by atoms with Gasteiger partial charge < -0.3 is 57.8 Å². The number of amides is 4. The summed E-state index contributed by atoms with van der Waals surface area (Å²) in [6, 6.07) is 0.282. The van der Waals surface area contributed by atoms with E-state index in [2.05, 4.69) is 70.1 Å². The Morgan fingerprint density at radius 1 is 0.892 bits per heavy atom. The first kappa shape index (κ1) is 74.0. The number of halogens is 4. The molecule has 1 aliphatic carbocycles. The van der Waals surface area contributed by atoms with Crippen LogP contribution in [0.15, 0.2) is 50.6 Å². The number of fused-ring (bicyclic) bond motifs is 1. The van der Waals surface area contributed by atoms with Gasteiger partial charge in [-0.1, -0.05) is 60.1 Å². The number of alkyl carbamates (subject to hydrolysis) is 1. The molecule has 0 saturated carbocycles. The highest BCUT2D eigenvalue weighted by molar-refractivity contribution is 8.07. The van der Waals surface area contributed by atoms with E-state index in [4.69, 9.17) is 58.0 Å². The number of aliphatic hydroxyl groups excluding tert-OH is 1. The first-order valence-corrected chi connectivity index (χ1v) is 44.4. The summed E-state index contributed by atoms with van der Waals surface area (Å²) in [6.45, 7) is 15.2. The van der Waals surface area contributed by atoms with Crippen molar-refractivity contribution in [3.05, 3.63) is 45.9 Å². The molecule has 2 aromatic rings. The summed E-state index contributed by atoms with van der Waals surface area (Å²) in [5, 5.41) is 26.8. The first-order chi connectivity index (χ1) is 43.5. The Bertz CT molecular complexity index is 3330. The fraction of sp³-hybridized carbons (Fsp3) is 0.722. The molecule has 39 heteroatoms. The van der Waals surface area contributed by atoms with E-state index in [-0.39, 0.29) is 82.4 Å². The van der Waals surface area contributed by atoms with E-state index in [1.165, 1.54) is 33.0 Å². The molecule has 4 amide bonds. The largest absolute Gasteiger partial charge is 0.695 e. The summed E-state index contributed by atoms with van der Waals surface area (Å²) < 4.78 is 135. The zero-order valence-corrected chi connectivity index (χ0v) is 59.4. The second-order valence-electron chi connectivity index (χ2n) is 27.1. The molecule has 29 nitrogen and oxygen atoms in total. The van der Waals surface area contributed by atoms with Crippen LogP contribution in [0.1, 0.15) is 52.7 Å². The van der Waals surface area contributed by atoms with Crippen molar-refractivity contribution in [3.63, 3.8) is 0 Å². The van der Waals surface area contributed by atoms with E-state index in [9.17, 15) is 51.7 Å². The third kappa shape index (κ3) is 18.8. The van der Waals surface area contributed by atoms with Crippen LogP contribution < -0.4 is 16.2 Å². The third-order valence-electron chi connectivity index (χ3n) is 16.6. The molecule has 3 fully saturated rings. The van der Waals surface area contributed by atoms with Crippen LogP contribution in [-0.4, -0.2) is 226 Å². The van der Waals surface area contributed by atoms with Gasteiger partial charge in [0.15, 0.2) is 44.2 Å². The predicted molar refractivity (Wildman–Crippen MR) is 340 cm³/mol. The summed E-state index contributed by atoms with van der Waals surface area (Å²) in [7, 11) is -9.45. The van der Waals surface area contributed by atoms with Gasteiger partial charge in [0.2, 0.25) is 5.91 Å². The number of hydrogen-bond donors (Lipinski definition) is 4. The molecule has 7 heterocycles. The lowest BCUT2D eigenvalue weighted by atomic mass is 10.0. The van der Waals surface area contributed by atoms with Crippen molar-refractivity contribution in [1.29, 1.82) is 0 Å². The summed E-state index contributed by atoms with van der Waals surface area (Å²) >= 11 is 6.17. The number of alkyl halides is 4. The van der Waals surface area contributed by atoms with Crippen molar-refractivity contribution < 1.29 is 97.5 Å². The Labute approximate surface area is 544 Å². The van der Waals surface area contributed by atoms with Crippen LogP contribution in [0.2, 0.25) is 69.5 Å². The zero-order chi connectivity index (χ0) is 68.2. The number of aromatic nitrogens is 4. The van der Waals surface area contributed by atoms with Gasteiger partial charge in [-0.3, -0.25) is 28.0 Å². The average molecular weight is 1430 g/mol. The lowest BCUT2D eigenvalue weighted by molar-refractivity contribution is -0.186. The van der Waals surface area contributed by atoms with E-state index >= 15 is 4.39 Å². The molecule has 2 aromatic heterocycles. The minimum atomic E-state index is -5.25. The van der Waals surface area contributed by atoms with Gasteiger partial charge in [0.1, 0.15) is 49.7 Å². The van der Waals surface area contributed by atoms with Crippen LogP contribution in [0.4, 0.5) is 27.2 Å². The van der Waals surface area contributed by atoms with Gasteiger partial charge in [-0.2, -0.15) is 28.4 Å². The topological polar surface area (TPSA) is 329 Å². The molecule has 0 aromatic carbocycles.